The van der Waals surface area contributed by atoms with Crippen LogP contribution >= 0.6 is 11.3 Å². The van der Waals surface area contributed by atoms with Crippen LogP contribution in [0, 0.1) is 18.8 Å². The van der Waals surface area contributed by atoms with Gasteiger partial charge in [-0.3, -0.25) is 9.69 Å². The van der Waals surface area contributed by atoms with Crippen molar-refractivity contribution in [2.24, 2.45) is 11.8 Å². The van der Waals surface area contributed by atoms with Gasteiger partial charge in [0, 0.05) is 18.0 Å². The van der Waals surface area contributed by atoms with Crippen molar-refractivity contribution in [3.8, 4) is 0 Å². The molecule has 4 nitrogen and oxygen atoms in total. The van der Waals surface area contributed by atoms with Crippen LogP contribution in [0.3, 0.4) is 0 Å². The van der Waals surface area contributed by atoms with Crippen LogP contribution in [0.5, 0.6) is 0 Å². The molecule has 0 aromatic carbocycles. The molecule has 1 saturated carbocycles. The Morgan fingerprint density at radius 1 is 1.55 bits per heavy atom. The van der Waals surface area contributed by atoms with E-state index in [4.69, 9.17) is 0 Å². The van der Waals surface area contributed by atoms with Crippen molar-refractivity contribution in [1.29, 1.82) is 0 Å². The van der Waals surface area contributed by atoms with Crippen molar-refractivity contribution >= 4 is 17.3 Å². The zero-order chi connectivity index (χ0) is 14.7. The van der Waals surface area contributed by atoms with E-state index in [2.05, 4.69) is 22.2 Å². The quantitative estimate of drug-likeness (QED) is 0.907. The molecule has 0 amide bonds. The Bertz CT molecular complexity index is 460. The highest BCUT2D eigenvalue weighted by molar-refractivity contribution is 7.09. The molecule has 1 aromatic heterocycles. The molecule has 3 unspecified atom stereocenters. The summed E-state index contributed by atoms with van der Waals surface area (Å²) in [6.45, 7) is 4.95. The molecule has 1 N–H and O–H groups in total. The monoisotopic (exact) mass is 296 g/mol. The maximum absolute atomic E-state index is 11.5. The Labute approximate surface area is 124 Å². The van der Waals surface area contributed by atoms with Crippen LogP contribution in [0.25, 0.3) is 0 Å². The lowest BCUT2D eigenvalue weighted by Gasteiger charge is -2.39. The number of carboxylic acid groups (broad SMARTS) is 1. The molecule has 3 atom stereocenters. The standard InChI is InChI=1S/C15H24N2O2S/c1-4-11-5-6-13(15(18)19)14(7-11)17(3)8-12-9-20-10(2)16-12/h9,11,13-14H,4-8H2,1-3H3,(H,18,19). The van der Waals surface area contributed by atoms with Gasteiger partial charge in [-0.1, -0.05) is 13.3 Å². The van der Waals surface area contributed by atoms with Gasteiger partial charge in [-0.15, -0.1) is 11.3 Å². The SMILES string of the molecule is CCC1CCC(C(=O)O)C(N(C)Cc2csc(C)n2)C1. The van der Waals surface area contributed by atoms with Gasteiger partial charge < -0.3 is 5.11 Å². The lowest BCUT2D eigenvalue weighted by Crippen LogP contribution is -2.45. The van der Waals surface area contributed by atoms with Gasteiger partial charge in [-0.25, -0.2) is 4.98 Å². The second-order valence-electron chi connectivity index (χ2n) is 5.87. The minimum absolute atomic E-state index is 0.133. The maximum Gasteiger partial charge on any atom is 0.308 e. The lowest BCUT2D eigenvalue weighted by molar-refractivity contribution is -0.146. The third-order valence-corrected chi connectivity index (χ3v) is 5.29. The fourth-order valence-corrected chi connectivity index (χ4v) is 3.83. The summed E-state index contributed by atoms with van der Waals surface area (Å²) in [6, 6.07) is 0.133. The molecule has 0 saturated heterocycles. The molecule has 5 heteroatoms. The minimum Gasteiger partial charge on any atom is -0.481 e. The van der Waals surface area contributed by atoms with Crippen LogP contribution < -0.4 is 0 Å². The molecule has 1 aliphatic carbocycles. The highest BCUT2D eigenvalue weighted by atomic mass is 32.1. The first-order valence-corrected chi connectivity index (χ1v) is 8.23. The third kappa shape index (κ3) is 3.58. The summed E-state index contributed by atoms with van der Waals surface area (Å²) >= 11 is 1.65. The molecule has 1 aliphatic rings. The Kier molecular flexibility index (Phi) is 5.16. The van der Waals surface area contributed by atoms with Crippen molar-refractivity contribution in [2.75, 3.05) is 7.05 Å². The number of carbonyl (C=O) groups is 1. The molecular weight excluding hydrogens is 272 g/mol. The molecule has 1 aromatic rings. The molecule has 112 valence electrons. The van der Waals surface area contributed by atoms with Crippen LogP contribution in [0.2, 0.25) is 0 Å². The predicted octanol–water partition coefficient (Wildman–Crippen LogP) is 3.16. The zero-order valence-corrected chi connectivity index (χ0v) is 13.3. The van der Waals surface area contributed by atoms with Gasteiger partial charge in [0.15, 0.2) is 0 Å². The van der Waals surface area contributed by atoms with E-state index in [9.17, 15) is 9.90 Å². The van der Waals surface area contributed by atoms with Gasteiger partial charge >= 0.3 is 5.97 Å². The molecule has 0 bridgehead atoms. The number of carboxylic acids is 1. The zero-order valence-electron chi connectivity index (χ0n) is 12.5. The van der Waals surface area contributed by atoms with E-state index in [1.807, 2.05) is 14.0 Å². The summed E-state index contributed by atoms with van der Waals surface area (Å²) in [7, 11) is 2.04. The van der Waals surface area contributed by atoms with Crippen molar-refractivity contribution in [2.45, 2.75) is 52.1 Å². The number of aliphatic carboxylic acids is 1. The van der Waals surface area contributed by atoms with Gasteiger partial charge in [-0.05, 0) is 39.2 Å². The molecule has 0 aliphatic heterocycles. The predicted molar refractivity (Wildman–Crippen MR) is 80.9 cm³/mol. The summed E-state index contributed by atoms with van der Waals surface area (Å²) < 4.78 is 0. The number of rotatable bonds is 5. The van der Waals surface area contributed by atoms with Gasteiger partial charge in [-0.2, -0.15) is 0 Å². The number of aryl methyl sites for hydroxylation is 1. The molecule has 0 radical (unpaired) electrons. The summed E-state index contributed by atoms with van der Waals surface area (Å²) in [5, 5.41) is 12.6. The van der Waals surface area contributed by atoms with Crippen molar-refractivity contribution < 1.29 is 9.90 Å². The normalized spacial score (nSPS) is 26.9. The van der Waals surface area contributed by atoms with E-state index in [1.54, 1.807) is 11.3 Å². The van der Waals surface area contributed by atoms with E-state index in [0.29, 0.717) is 5.92 Å². The average molecular weight is 296 g/mol. The Balaban J connectivity index is 2.06. The first-order valence-electron chi connectivity index (χ1n) is 7.35. The van der Waals surface area contributed by atoms with Gasteiger partial charge in [0.2, 0.25) is 0 Å². The smallest absolute Gasteiger partial charge is 0.308 e. The summed E-state index contributed by atoms with van der Waals surface area (Å²) in [5.41, 5.74) is 1.05. The molecule has 1 fully saturated rings. The highest BCUT2D eigenvalue weighted by Crippen LogP contribution is 2.34. The van der Waals surface area contributed by atoms with Gasteiger partial charge in [0.1, 0.15) is 0 Å². The van der Waals surface area contributed by atoms with Gasteiger partial charge in [0.25, 0.3) is 0 Å². The summed E-state index contributed by atoms with van der Waals surface area (Å²) in [5.74, 6) is -0.219. The van der Waals surface area contributed by atoms with E-state index in [-0.39, 0.29) is 12.0 Å². The average Bonchev–Trinajstić information content (AvgIpc) is 2.83. The molecular formula is C15H24N2O2S. The van der Waals surface area contributed by atoms with Crippen molar-refractivity contribution in [1.82, 2.24) is 9.88 Å². The van der Waals surface area contributed by atoms with Crippen LogP contribution in [0.1, 0.15) is 43.3 Å². The molecule has 20 heavy (non-hydrogen) atoms. The van der Waals surface area contributed by atoms with Crippen LogP contribution in [-0.4, -0.2) is 34.0 Å². The van der Waals surface area contributed by atoms with E-state index in [0.717, 1.165) is 42.9 Å². The summed E-state index contributed by atoms with van der Waals surface area (Å²) in [6.07, 6.45) is 3.99. The van der Waals surface area contributed by atoms with Crippen LogP contribution in [0.4, 0.5) is 0 Å². The maximum atomic E-state index is 11.5. The largest absolute Gasteiger partial charge is 0.481 e. The van der Waals surface area contributed by atoms with Crippen molar-refractivity contribution in [3.05, 3.63) is 16.1 Å². The second-order valence-corrected chi connectivity index (χ2v) is 6.93. The first kappa shape index (κ1) is 15.4. The molecule has 0 spiro atoms. The van der Waals surface area contributed by atoms with E-state index in [1.165, 1.54) is 0 Å². The number of aromatic nitrogens is 1. The summed E-state index contributed by atoms with van der Waals surface area (Å²) in [4.78, 5) is 18.2. The Morgan fingerprint density at radius 2 is 2.30 bits per heavy atom. The number of thiazole rings is 1. The highest BCUT2D eigenvalue weighted by Gasteiger charge is 2.36. The topological polar surface area (TPSA) is 53.4 Å². The molecule has 2 rings (SSSR count). The minimum atomic E-state index is -0.647. The van der Waals surface area contributed by atoms with E-state index >= 15 is 0 Å². The fourth-order valence-electron chi connectivity index (χ4n) is 3.23. The van der Waals surface area contributed by atoms with E-state index < -0.39 is 5.97 Å². The first-order chi connectivity index (χ1) is 9.51. The lowest BCUT2D eigenvalue weighted by atomic mass is 9.76. The van der Waals surface area contributed by atoms with Crippen molar-refractivity contribution in [3.63, 3.8) is 0 Å². The Morgan fingerprint density at radius 3 is 2.85 bits per heavy atom. The molecule has 1 heterocycles. The van der Waals surface area contributed by atoms with Crippen LogP contribution in [0.15, 0.2) is 5.38 Å². The fraction of sp³-hybridized carbons (Fsp3) is 0.733. The van der Waals surface area contributed by atoms with Crippen LogP contribution in [-0.2, 0) is 11.3 Å². The number of hydrogen-bond donors (Lipinski definition) is 1. The third-order valence-electron chi connectivity index (χ3n) is 4.46. The van der Waals surface area contributed by atoms with Gasteiger partial charge in [0.05, 0.1) is 16.6 Å². The second kappa shape index (κ2) is 6.68. The number of nitrogens with zero attached hydrogens (tertiary/aromatic N) is 2. The Hall–Kier alpha value is -0.940. The number of hydrogen-bond acceptors (Lipinski definition) is 4.